The van der Waals surface area contributed by atoms with Gasteiger partial charge in [0.15, 0.2) is 0 Å². The first-order chi connectivity index (χ1) is 12.1. The lowest BCUT2D eigenvalue weighted by Gasteiger charge is -2.13. The fraction of sp³-hybridized carbons (Fsp3) is 0. The quantitative estimate of drug-likeness (QED) is 0.436. The SMILES string of the molecule is O=c1c2ccc(Br)cc2c(-c2ccccc2)cn1-c1cccc(F)c1. The van der Waals surface area contributed by atoms with Gasteiger partial charge in [0.2, 0.25) is 0 Å². The molecule has 122 valence electrons. The maximum Gasteiger partial charge on any atom is 0.262 e. The summed E-state index contributed by atoms with van der Waals surface area (Å²) < 4.78 is 16.1. The molecule has 0 radical (unpaired) electrons. The molecule has 0 saturated heterocycles. The third-order valence-electron chi connectivity index (χ3n) is 4.15. The average molecular weight is 394 g/mol. The van der Waals surface area contributed by atoms with Crippen molar-refractivity contribution in [2.45, 2.75) is 0 Å². The van der Waals surface area contributed by atoms with E-state index >= 15 is 0 Å². The Morgan fingerprint density at radius 3 is 2.40 bits per heavy atom. The monoisotopic (exact) mass is 393 g/mol. The second-order valence-corrected chi connectivity index (χ2v) is 6.67. The first-order valence-electron chi connectivity index (χ1n) is 7.80. The predicted octanol–water partition coefficient (Wildman–Crippen LogP) is 5.56. The van der Waals surface area contributed by atoms with Crippen LogP contribution < -0.4 is 5.56 Å². The summed E-state index contributed by atoms with van der Waals surface area (Å²) in [7, 11) is 0. The first-order valence-corrected chi connectivity index (χ1v) is 8.59. The van der Waals surface area contributed by atoms with Crippen molar-refractivity contribution in [3.05, 3.63) is 99.6 Å². The lowest BCUT2D eigenvalue weighted by molar-refractivity contribution is 0.626. The molecule has 0 amide bonds. The summed E-state index contributed by atoms with van der Waals surface area (Å²) in [5.74, 6) is -0.374. The van der Waals surface area contributed by atoms with Crippen LogP contribution in [0.5, 0.6) is 0 Å². The van der Waals surface area contributed by atoms with Crippen molar-refractivity contribution in [1.82, 2.24) is 4.57 Å². The molecular formula is C21H13BrFNO. The molecule has 2 nitrogen and oxygen atoms in total. The van der Waals surface area contributed by atoms with E-state index in [-0.39, 0.29) is 11.4 Å². The molecule has 1 aromatic heterocycles. The molecule has 0 aliphatic carbocycles. The van der Waals surface area contributed by atoms with Crippen LogP contribution in [0, 0.1) is 5.82 Å². The lowest BCUT2D eigenvalue weighted by Crippen LogP contribution is -2.18. The van der Waals surface area contributed by atoms with Gasteiger partial charge in [-0.2, -0.15) is 0 Å². The third kappa shape index (κ3) is 2.89. The van der Waals surface area contributed by atoms with Crippen molar-refractivity contribution < 1.29 is 4.39 Å². The van der Waals surface area contributed by atoms with E-state index in [0.717, 1.165) is 21.0 Å². The second kappa shape index (κ2) is 6.30. The molecule has 0 spiro atoms. The molecule has 0 saturated carbocycles. The minimum atomic E-state index is -0.374. The minimum absolute atomic E-state index is 0.173. The Morgan fingerprint density at radius 2 is 1.64 bits per heavy atom. The number of pyridine rings is 1. The molecule has 0 atom stereocenters. The van der Waals surface area contributed by atoms with Crippen LogP contribution >= 0.6 is 15.9 Å². The molecule has 0 aliphatic heterocycles. The van der Waals surface area contributed by atoms with Gasteiger partial charge in [0, 0.05) is 21.6 Å². The van der Waals surface area contributed by atoms with Gasteiger partial charge in [0.1, 0.15) is 5.82 Å². The highest BCUT2D eigenvalue weighted by Crippen LogP contribution is 2.29. The molecule has 0 bridgehead atoms. The van der Waals surface area contributed by atoms with E-state index in [4.69, 9.17) is 0 Å². The van der Waals surface area contributed by atoms with Crippen LogP contribution in [-0.4, -0.2) is 4.57 Å². The maximum atomic E-state index is 13.7. The van der Waals surface area contributed by atoms with E-state index in [2.05, 4.69) is 15.9 Å². The normalized spacial score (nSPS) is 11.0. The van der Waals surface area contributed by atoms with Crippen molar-refractivity contribution in [3.63, 3.8) is 0 Å². The number of benzene rings is 3. The Morgan fingerprint density at radius 1 is 0.840 bits per heavy atom. The van der Waals surface area contributed by atoms with Crippen molar-refractivity contribution >= 4 is 26.7 Å². The number of hydrogen-bond donors (Lipinski definition) is 0. The molecule has 3 aromatic carbocycles. The summed E-state index contributed by atoms with van der Waals surface area (Å²) in [5.41, 5.74) is 2.25. The Kier molecular flexibility index (Phi) is 3.98. The molecule has 25 heavy (non-hydrogen) atoms. The number of aromatic nitrogens is 1. The summed E-state index contributed by atoms with van der Waals surface area (Å²) >= 11 is 3.48. The van der Waals surface area contributed by atoms with E-state index in [1.807, 2.05) is 42.5 Å². The van der Waals surface area contributed by atoms with Crippen molar-refractivity contribution in [3.8, 4) is 16.8 Å². The van der Waals surface area contributed by atoms with E-state index in [1.54, 1.807) is 24.4 Å². The maximum absolute atomic E-state index is 13.7. The number of rotatable bonds is 2. The van der Waals surface area contributed by atoms with Gasteiger partial charge in [0.05, 0.1) is 5.69 Å². The highest BCUT2D eigenvalue weighted by Gasteiger charge is 2.12. The van der Waals surface area contributed by atoms with Crippen LogP contribution in [0.3, 0.4) is 0 Å². The van der Waals surface area contributed by atoms with Gasteiger partial charge >= 0.3 is 0 Å². The fourth-order valence-corrected chi connectivity index (χ4v) is 3.34. The molecule has 0 aliphatic rings. The molecule has 0 unspecified atom stereocenters. The Balaban J connectivity index is 2.11. The van der Waals surface area contributed by atoms with Crippen LogP contribution in [0.4, 0.5) is 4.39 Å². The fourth-order valence-electron chi connectivity index (χ4n) is 2.98. The average Bonchev–Trinajstić information content (AvgIpc) is 2.62. The second-order valence-electron chi connectivity index (χ2n) is 5.75. The molecule has 0 N–H and O–H groups in total. The number of halogens is 2. The zero-order chi connectivity index (χ0) is 17.4. The smallest absolute Gasteiger partial charge is 0.262 e. The summed E-state index contributed by atoms with van der Waals surface area (Å²) in [6.45, 7) is 0. The number of nitrogens with zero attached hydrogens (tertiary/aromatic N) is 1. The zero-order valence-corrected chi connectivity index (χ0v) is 14.7. The largest absolute Gasteiger partial charge is 0.283 e. The third-order valence-corrected chi connectivity index (χ3v) is 4.64. The topological polar surface area (TPSA) is 22.0 Å². The van der Waals surface area contributed by atoms with Crippen LogP contribution in [-0.2, 0) is 0 Å². The Labute approximate surface area is 152 Å². The van der Waals surface area contributed by atoms with Gasteiger partial charge in [-0.05, 0) is 47.3 Å². The van der Waals surface area contributed by atoms with Gasteiger partial charge < -0.3 is 0 Å². The standard InChI is InChI=1S/C21H13BrFNO/c22-15-9-10-18-19(11-15)20(14-5-2-1-3-6-14)13-24(21(18)25)17-8-4-7-16(23)12-17/h1-13H. The summed E-state index contributed by atoms with van der Waals surface area (Å²) in [4.78, 5) is 13.0. The molecular weight excluding hydrogens is 381 g/mol. The van der Waals surface area contributed by atoms with E-state index in [0.29, 0.717) is 11.1 Å². The molecule has 4 rings (SSSR count). The van der Waals surface area contributed by atoms with Crippen molar-refractivity contribution in [2.75, 3.05) is 0 Å². The van der Waals surface area contributed by atoms with E-state index in [1.165, 1.54) is 16.7 Å². The molecule has 0 fully saturated rings. The van der Waals surface area contributed by atoms with Gasteiger partial charge in [-0.1, -0.05) is 52.3 Å². The first kappa shape index (κ1) is 15.8. The van der Waals surface area contributed by atoms with Gasteiger partial charge in [-0.15, -0.1) is 0 Å². The minimum Gasteiger partial charge on any atom is -0.283 e. The van der Waals surface area contributed by atoms with Crippen molar-refractivity contribution in [1.29, 1.82) is 0 Å². The van der Waals surface area contributed by atoms with E-state index < -0.39 is 0 Å². The molecule has 1 heterocycles. The summed E-state index contributed by atoms with van der Waals surface area (Å²) in [6.07, 6.45) is 1.78. The van der Waals surface area contributed by atoms with Crippen LogP contribution in [0.15, 0.2) is 88.3 Å². The van der Waals surface area contributed by atoms with Gasteiger partial charge in [0.25, 0.3) is 5.56 Å². The zero-order valence-electron chi connectivity index (χ0n) is 13.1. The highest BCUT2D eigenvalue weighted by molar-refractivity contribution is 9.10. The van der Waals surface area contributed by atoms with Gasteiger partial charge in [-0.3, -0.25) is 9.36 Å². The molecule has 4 aromatic rings. The summed E-state index contributed by atoms with van der Waals surface area (Å²) in [5, 5.41) is 1.45. The summed E-state index contributed by atoms with van der Waals surface area (Å²) in [6, 6.07) is 21.5. The molecule has 4 heteroatoms. The van der Waals surface area contributed by atoms with Crippen LogP contribution in [0.2, 0.25) is 0 Å². The van der Waals surface area contributed by atoms with E-state index in [9.17, 15) is 9.18 Å². The van der Waals surface area contributed by atoms with Crippen LogP contribution in [0.1, 0.15) is 0 Å². The predicted molar refractivity (Wildman–Crippen MR) is 103 cm³/mol. The highest BCUT2D eigenvalue weighted by atomic mass is 79.9. The van der Waals surface area contributed by atoms with Crippen molar-refractivity contribution in [2.24, 2.45) is 0 Å². The number of fused-ring (bicyclic) bond motifs is 1. The van der Waals surface area contributed by atoms with Crippen LogP contribution in [0.25, 0.3) is 27.6 Å². The number of hydrogen-bond acceptors (Lipinski definition) is 1. The van der Waals surface area contributed by atoms with Gasteiger partial charge in [-0.25, -0.2) is 4.39 Å². The lowest BCUT2D eigenvalue weighted by atomic mass is 10.0. The Hall–Kier alpha value is -2.72. The Bertz CT molecular complexity index is 1140.